The quantitative estimate of drug-likeness (QED) is 0.638. The van der Waals surface area contributed by atoms with Crippen LogP contribution in [-0.4, -0.2) is 7.11 Å². The Hall–Kier alpha value is 1.87. The molecule has 3 nitrogen and oxygen atoms in total. The minimum Gasteiger partial charge on any atom is -0.310 e. The molecule has 0 aromatic heterocycles. The Bertz CT molecular complexity index is 172. The Morgan fingerprint density at radius 1 is 1.00 bits per heavy atom. The van der Waals surface area contributed by atoms with Gasteiger partial charge in [0, 0.05) is 7.11 Å². The monoisotopic (exact) mass is 300 g/mol. The molecule has 0 aromatic carbocycles. The third-order valence-electron chi connectivity index (χ3n) is 0.213. The fourth-order valence-corrected chi connectivity index (χ4v) is 0. The van der Waals surface area contributed by atoms with E-state index in [2.05, 4.69) is 38.2 Å². The molecule has 0 amide bonds. The van der Waals surface area contributed by atoms with Gasteiger partial charge in [-0.15, -0.1) is 0 Å². The molecule has 0 rings (SSSR count). The topological polar surface area (TPSA) is 43.4 Å². The molecule has 0 atom stereocenters. The van der Waals surface area contributed by atoms with E-state index in [1.807, 2.05) is 0 Å². The Kier molecular flexibility index (Phi) is 8.85. The maximum atomic E-state index is 9.89. The van der Waals surface area contributed by atoms with Gasteiger partial charge in [0.25, 0.3) is 0 Å². The molecule has 10 heteroatoms. The lowest BCUT2D eigenvalue weighted by atomic mass is 11.8. The van der Waals surface area contributed by atoms with E-state index < -0.39 is 11.3 Å². The van der Waals surface area contributed by atoms with Crippen molar-refractivity contribution in [3.8, 4) is 0 Å². The summed E-state index contributed by atoms with van der Waals surface area (Å²) in [6.45, 7) is 0. The van der Waals surface area contributed by atoms with Crippen LogP contribution < -0.4 is 0 Å². The van der Waals surface area contributed by atoms with Crippen LogP contribution in [0.1, 0.15) is 0 Å². The second-order valence-corrected chi connectivity index (χ2v) is 12.0. The number of hydrogen-bond acceptors (Lipinski definition) is 3. The van der Waals surface area contributed by atoms with E-state index in [0.29, 0.717) is 0 Å². The highest BCUT2D eigenvalue weighted by Gasteiger charge is 2.08. The van der Waals surface area contributed by atoms with Crippen LogP contribution in [0.3, 0.4) is 0 Å². The van der Waals surface area contributed by atoms with Gasteiger partial charge in [0.15, 0.2) is 0 Å². The molecule has 0 radical (unpaired) electrons. The van der Waals surface area contributed by atoms with Gasteiger partial charge in [0.1, 0.15) is 0 Å². The van der Waals surface area contributed by atoms with E-state index in [4.69, 9.17) is 22.5 Å². The predicted octanol–water partition coefficient (Wildman–Crippen LogP) is 5.03. The largest absolute Gasteiger partial charge is 0.379 e. The molecule has 0 aliphatic rings. The Morgan fingerprint density at radius 2 is 1.09 bits per heavy atom. The summed E-state index contributed by atoms with van der Waals surface area (Å²) in [6, 6.07) is 0. The van der Waals surface area contributed by atoms with Gasteiger partial charge in [-0.05, 0) is 56.2 Å². The number of rotatable bonds is 1. The summed E-state index contributed by atoms with van der Waals surface area (Å²) in [6.07, 6.45) is -3.20. The Labute approximate surface area is 88.0 Å². The second kappa shape index (κ2) is 6.34. The summed E-state index contributed by atoms with van der Waals surface area (Å²) in [7, 11) is 1.18. The first kappa shape index (κ1) is 15.3. The van der Waals surface area contributed by atoms with Crippen LogP contribution in [0.15, 0.2) is 0 Å². The molecule has 0 bridgehead atoms. The van der Waals surface area contributed by atoms with Crippen molar-refractivity contribution >= 4 is 67.5 Å². The van der Waals surface area contributed by atoms with Crippen molar-refractivity contribution in [3.05, 3.63) is 0 Å². The molecule has 0 fully saturated rings. The Morgan fingerprint density at radius 3 is 1.09 bits per heavy atom. The molecule has 0 saturated heterocycles. The summed E-state index contributed by atoms with van der Waals surface area (Å²) >= 11 is 23.5. The van der Waals surface area contributed by atoms with Crippen molar-refractivity contribution in [2.45, 2.75) is 0 Å². The van der Waals surface area contributed by atoms with Crippen molar-refractivity contribution in [1.82, 2.24) is 0 Å². The summed E-state index contributed by atoms with van der Waals surface area (Å²) in [4.78, 5) is 0. The van der Waals surface area contributed by atoms with Crippen LogP contribution in [-0.2, 0) is 13.7 Å². The van der Waals surface area contributed by atoms with Crippen molar-refractivity contribution in [3.63, 3.8) is 0 Å². The molecule has 0 aliphatic heterocycles. The van der Waals surface area contributed by atoms with Gasteiger partial charge in [-0.1, -0.05) is 0 Å². The maximum absolute atomic E-state index is 9.89. The van der Waals surface area contributed by atoms with Crippen molar-refractivity contribution in [1.29, 1.82) is 0 Å². The second-order valence-electron chi connectivity index (χ2n) is 0.996. The molecule has 0 saturated carbocycles. The third kappa shape index (κ3) is 48.8. The molecule has 0 aliphatic carbocycles. The first-order chi connectivity index (χ1) is 4.56. The highest BCUT2D eigenvalue weighted by molar-refractivity contribution is 8.24. The molecule has 70 valence electrons. The molecule has 0 N–H and O–H groups in total. The summed E-state index contributed by atoms with van der Waals surface area (Å²) in [5.41, 5.74) is 0. The minimum atomic E-state index is -3.22. The van der Waals surface area contributed by atoms with Gasteiger partial charge in [0.2, 0.25) is 0 Å². The van der Waals surface area contributed by atoms with E-state index in [1.165, 1.54) is 7.11 Å². The zero-order chi connectivity index (χ0) is 9.71. The molecule has 0 aromatic rings. The molecule has 0 heterocycles. The summed E-state index contributed by atoms with van der Waals surface area (Å²) < 4.78 is 23.4. The Balaban J connectivity index is 0. The van der Waals surface area contributed by atoms with Crippen LogP contribution in [0.4, 0.5) is 0 Å². The minimum absolute atomic E-state index is 1.18. The van der Waals surface area contributed by atoms with Gasteiger partial charge in [-0.2, -0.15) is 0 Å². The first-order valence-corrected chi connectivity index (χ1v) is 9.66. The van der Waals surface area contributed by atoms with E-state index >= 15 is 0 Å². The fraction of sp³-hybridized carbons (Fsp3) is 1.00. The zero-order valence-electron chi connectivity index (χ0n) is 5.01. The lowest BCUT2D eigenvalue weighted by molar-refractivity contribution is 0.422. The lowest BCUT2D eigenvalue weighted by Crippen LogP contribution is -1.59. The van der Waals surface area contributed by atoms with Crippen molar-refractivity contribution in [2.75, 3.05) is 7.11 Å². The zero-order valence-corrected chi connectivity index (χ0v) is 10.6. The SMILES string of the molecule is COP(=O)(Cl)Cl.O=P(Cl)(Cl)Cl. The highest BCUT2D eigenvalue weighted by atomic mass is 36.0. The predicted molar refractivity (Wildman–Crippen MR) is 51.5 cm³/mol. The van der Waals surface area contributed by atoms with Gasteiger partial charge in [-0.25, -0.2) is 0 Å². The highest BCUT2D eigenvalue weighted by Crippen LogP contribution is 2.61. The van der Waals surface area contributed by atoms with E-state index in [-0.39, 0.29) is 0 Å². The molecule has 0 unspecified atom stereocenters. The maximum Gasteiger partial charge on any atom is 0.379 e. The van der Waals surface area contributed by atoms with Crippen molar-refractivity contribution in [2.24, 2.45) is 0 Å². The van der Waals surface area contributed by atoms with Gasteiger partial charge in [0.05, 0.1) is 0 Å². The number of hydrogen-bond donors (Lipinski definition) is 0. The number of halogens is 5. The van der Waals surface area contributed by atoms with E-state index in [9.17, 15) is 9.13 Å². The molecular weight excluding hydrogens is 299 g/mol. The third-order valence-corrected chi connectivity index (χ3v) is 1.47. The summed E-state index contributed by atoms with van der Waals surface area (Å²) in [5, 5.41) is -3.22. The normalized spacial score (nSPS) is 11.8. The van der Waals surface area contributed by atoms with Gasteiger partial charge < -0.3 is 4.52 Å². The standard InChI is InChI=1S/CH3Cl2O2P.Cl3OP/c1-5-6(2,3)4;1-5(2,3)4/h1H3;. The molecule has 11 heavy (non-hydrogen) atoms. The average Bonchev–Trinajstić information content (AvgIpc) is 1.59. The molecular formula is CH3Cl5O3P2. The van der Waals surface area contributed by atoms with Crippen LogP contribution in [0, 0.1) is 0 Å². The van der Waals surface area contributed by atoms with Gasteiger partial charge >= 0.3 is 11.3 Å². The van der Waals surface area contributed by atoms with E-state index in [1.54, 1.807) is 0 Å². The smallest absolute Gasteiger partial charge is 0.310 e. The molecule has 0 spiro atoms. The fourth-order valence-electron chi connectivity index (χ4n) is 0. The average molecular weight is 302 g/mol. The van der Waals surface area contributed by atoms with Crippen molar-refractivity contribution < 1.29 is 13.7 Å². The van der Waals surface area contributed by atoms with Crippen LogP contribution in [0.5, 0.6) is 0 Å². The first-order valence-electron chi connectivity index (χ1n) is 1.80. The summed E-state index contributed by atoms with van der Waals surface area (Å²) in [5.74, 6) is 0. The lowest BCUT2D eigenvalue weighted by Gasteiger charge is -1.90. The van der Waals surface area contributed by atoms with Crippen LogP contribution in [0.25, 0.3) is 0 Å². The van der Waals surface area contributed by atoms with Crippen LogP contribution >= 0.6 is 67.5 Å². The van der Waals surface area contributed by atoms with Crippen LogP contribution in [0.2, 0.25) is 0 Å². The van der Waals surface area contributed by atoms with Gasteiger partial charge in [-0.3, -0.25) is 9.13 Å². The van der Waals surface area contributed by atoms with E-state index in [0.717, 1.165) is 0 Å².